The van der Waals surface area contributed by atoms with Crippen molar-refractivity contribution in [3.63, 3.8) is 0 Å². The molecule has 1 fully saturated rings. The topological polar surface area (TPSA) is 92.2 Å². The van der Waals surface area contributed by atoms with Crippen molar-refractivity contribution in [3.8, 4) is 0 Å². The zero-order valence-corrected chi connectivity index (χ0v) is 9.17. The van der Waals surface area contributed by atoms with Crippen molar-refractivity contribution in [2.45, 2.75) is 25.3 Å². The van der Waals surface area contributed by atoms with E-state index < -0.39 is 5.97 Å². The number of amides is 1. The van der Waals surface area contributed by atoms with E-state index in [4.69, 9.17) is 5.11 Å². The molecule has 17 heavy (non-hydrogen) atoms. The van der Waals surface area contributed by atoms with Crippen LogP contribution in [0.2, 0.25) is 0 Å². The maximum absolute atomic E-state index is 11.7. The van der Waals surface area contributed by atoms with Crippen LogP contribution in [0, 0.1) is 5.92 Å². The van der Waals surface area contributed by atoms with Gasteiger partial charge < -0.3 is 10.4 Å². The first-order valence-electron chi connectivity index (χ1n) is 5.46. The molecule has 0 aliphatic heterocycles. The Morgan fingerprint density at radius 2 is 2.18 bits per heavy atom. The number of rotatable bonds is 3. The predicted molar refractivity (Wildman–Crippen MR) is 58.3 cm³/mol. The Morgan fingerprint density at radius 3 is 2.76 bits per heavy atom. The molecule has 1 aliphatic rings. The van der Waals surface area contributed by atoms with Gasteiger partial charge in [-0.3, -0.25) is 14.6 Å². The molecule has 0 bridgehead atoms. The minimum atomic E-state index is -0.791. The van der Waals surface area contributed by atoms with E-state index in [1.54, 1.807) is 0 Å². The van der Waals surface area contributed by atoms with E-state index in [1.807, 2.05) is 0 Å². The molecule has 6 nitrogen and oxygen atoms in total. The average molecular weight is 235 g/mol. The fraction of sp³-hybridized carbons (Fsp3) is 0.455. The summed E-state index contributed by atoms with van der Waals surface area (Å²) in [6.45, 7) is 0. The summed E-state index contributed by atoms with van der Waals surface area (Å²) in [7, 11) is 0. The van der Waals surface area contributed by atoms with Crippen LogP contribution < -0.4 is 5.32 Å². The van der Waals surface area contributed by atoms with Crippen LogP contribution in [0.5, 0.6) is 0 Å². The molecule has 0 aromatic carbocycles. The second kappa shape index (κ2) is 4.90. The normalized spacial score (nSPS) is 23.3. The lowest BCUT2D eigenvalue weighted by Gasteiger charge is -2.11. The lowest BCUT2D eigenvalue weighted by atomic mass is 10.1. The zero-order valence-electron chi connectivity index (χ0n) is 9.17. The van der Waals surface area contributed by atoms with E-state index in [1.165, 1.54) is 18.6 Å². The first kappa shape index (κ1) is 11.5. The molecule has 0 saturated heterocycles. The summed E-state index contributed by atoms with van der Waals surface area (Å²) in [4.78, 5) is 30.2. The average Bonchev–Trinajstić information content (AvgIpc) is 2.79. The lowest BCUT2D eigenvalue weighted by molar-refractivity contribution is -0.141. The highest BCUT2D eigenvalue weighted by atomic mass is 16.4. The van der Waals surface area contributed by atoms with Crippen molar-refractivity contribution in [1.82, 2.24) is 15.3 Å². The van der Waals surface area contributed by atoms with Gasteiger partial charge in [0, 0.05) is 18.4 Å². The molecule has 1 heterocycles. The Kier molecular flexibility index (Phi) is 3.32. The van der Waals surface area contributed by atoms with Gasteiger partial charge in [0.2, 0.25) is 0 Å². The fourth-order valence-electron chi connectivity index (χ4n) is 2.01. The van der Waals surface area contributed by atoms with Crippen LogP contribution in [0.25, 0.3) is 0 Å². The van der Waals surface area contributed by atoms with E-state index in [2.05, 4.69) is 15.3 Å². The Labute approximate surface area is 98.1 Å². The maximum Gasteiger partial charge on any atom is 0.306 e. The minimum Gasteiger partial charge on any atom is -0.481 e. The standard InChI is InChI=1S/C11H13N3O3/c15-10(9-6-12-3-4-13-9)14-8-2-1-7(5-8)11(16)17/h3-4,6-8H,1-2,5H2,(H,14,15)(H,16,17)/t7-,8+/m1/s1. The van der Waals surface area contributed by atoms with Crippen molar-refractivity contribution in [3.05, 3.63) is 24.3 Å². The van der Waals surface area contributed by atoms with Gasteiger partial charge in [0.25, 0.3) is 5.91 Å². The van der Waals surface area contributed by atoms with Crippen LogP contribution in [-0.4, -0.2) is 33.0 Å². The number of hydrogen-bond acceptors (Lipinski definition) is 4. The number of aliphatic carboxylic acids is 1. The van der Waals surface area contributed by atoms with Gasteiger partial charge in [-0.25, -0.2) is 4.98 Å². The van der Waals surface area contributed by atoms with Gasteiger partial charge in [-0.05, 0) is 19.3 Å². The molecule has 0 radical (unpaired) electrons. The molecule has 6 heteroatoms. The Balaban J connectivity index is 1.91. The number of carbonyl (C=O) groups is 2. The quantitative estimate of drug-likeness (QED) is 0.794. The number of aromatic nitrogens is 2. The van der Waals surface area contributed by atoms with Crippen molar-refractivity contribution in [1.29, 1.82) is 0 Å². The third-order valence-corrected chi connectivity index (χ3v) is 2.91. The third kappa shape index (κ3) is 2.77. The van der Waals surface area contributed by atoms with Crippen molar-refractivity contribution in [2.75, 3.05) is 0 Å². The summed E-state index contributed by atoms with van der Waals surface area (Å²) in [5, 5.41) is 11.6. The van der Waals surface area contributed by atoms with Crippen LogP contribution in [0.1, 0.15) is 29.8 Å². The molecule has 1 amide bonds. The second-order valence-corrected chi connectivity index (χ2v) is 4.11. The summed E-state index contributed by atoms with van der Waals surface area (Å²) in [5.41, 5.74) is 0.256. The molecular weight excluding hydrogens is 222 g/mol. The number of nitrogens with zero attached hydrogens (tertiary/aromatic N) is 2. The van der Waals surface area contributed by atoms with Gasteiger partial charge in [-0.2, -0.15) is 0 Å². The summed E-state index contributed by atoms with van der Waals surface area (Å²) in [6, 6.07) is -0.0781. The highest BCUT2D eigenvalue weighted by Crippen LogP contribution is 2.25. The van der Waals surface area contributed by atoms with Crippen LogP contribution in [0.15, 0.2) is 18.6 Å². The van der Waals surface area contributed by atoms with Crippen LogP contribution in [0.3, 0.4) is 0 Å². The molecule has 2 atom stereocenters. The maximum atomic E-state index is 11.7. The molecule has 2 rings (SSSR count). The van der Waals surface area contributed by atoms with E-state index in [9.17, 15) is 9.59 Å². The first-order valence-corrected chi connectivity index (χ1v) is 5.46. The number of hydrogen-bond donors (Lipinski definition) is 2. The van der Waals surface area contributed by atoms with Crippen LogP contribution in [-0.2, 0) is 4.79 Å². The number of carbonyl (C=O) groups excluding carboxylic acids is 1. The Morgan fingerprint density at radius 1 is 1.35 bits per heavy atom. The van der Waals surface area contributed by atoms with Gasteiger partial charge in [0.15, 0.2) is 0 Å². The minimum absolute atomic E-state index is 0.0781. The molecule has 90 valence electrons. The van der Waals surface area contributed by atoms with Crippen molar-refractivity contribution >= 4 is 11.9 Å². The van der Waals surface area contributed by atoms with Gasteiger partial charge in [0.05, 0.1) is 12.1 Å². The van der Waals surface area contributed by atoms with E-state index in [-0.39, 0.29) is 23.6 Å². The largest absolute Gasteiger partial charge is 0.481 e. The molecule has 0 spiro atoms. The lowest BCUT2D eigenvalue weighted by Crippen LogP contribution is -2.33. The molecule has 1 aliphatic carbocycles. The van der Waals surface area contributed by atoms with E-state index in [0.29, 0.717) is 19.3 Å². The van der Waals surface area contributed by atoms with Gasteiger partial charge in [-0.1, -0.05) is 0 Å². The van der Waals surface area contributed by atoms with Gasteiger partial charge >= 0.3 is 5.97 Å². The summed E-state index contributed by atoms with van der Waals surface area (Å²) < 4.78 is 0. The van der Waals surface area contributed by atoms with Crippen LogP contribution in [0.4, 0.5) is 0 Å². The molecule has 1 aromatic heterocycles. The number of nitrogens with one attached hydrogen (secondary N) is 1. The molecule has 0 unspecified atom stereocenters. The smallest absolute Gasteiger partial charge is 0.306 e. The second-order valence-electron chi connectivity index (χ2n) is 4.11. The SMILES string of the molecule is O=C(N[C@H]1CC[C@@H](C(=O)O)C1)c1cnccn1. The van der Waals surface area contributed by atoms with E-state index in [0.717, 1.165) is 0 Å². The van der Waals surface area contributed by atoms with Crippen molar-refractivity contribution < 1.29 is 14.7 Å². The number of carboxylic acids is 1. The Bertz CT molecular complexity index is 421. The van der Waals surface area contributed by atoms with Crippen molar-refractivity contribution in [2.24, 2.45) is 5.92 Å². The summed E-state index contributed by atoms with van der Waals surface area (Å²) >= 11 is 0. The zero-order chi connectivity index (χ0) is 12.3. The highest BCUT2D eigenvalue weighted by molar-refractivity contribution is 5.92. The third-order valence-electron chi connectivity index (χ3n) is 2.91. The van der Waals surface area contributed by atoms with Gasteiger partial charge in [-0.15, -0.1) is 0 Å². The fourth-order valence-corrected chi connectivity index (χ4v) is 2.01. The predicted octanol–water partition coefficient (Wildman–Crippen LogP) is 0.460. The first-order chi connectivity index (χ1) is 8.16. The molecule has 2 N–H and O–H groups in total. The highest BCUT2D eigenvalue weighted by Gasteiger charge is 2.30. The Hall–Kier alpha value is -1.98. The molecule has 1 aromatic rings. The molecular formula is C11H13N3O3. The monoisotopic (exact) mass is 235 g/mol. The molecule has 1 saturated carbocycles. The summed E-state index contributed by atoms with van der Waals surface area (Å²) in [5.74, 6) is -1.43. The van der Waals surface area contributed by atoms with E-state index >= 15 is 0 Å². The van der Waals surface area contributed by atoms with Gasteiger partial charge in [0.1, 0.15) is 5.69 Å². The number of carboxylic acid groups (broad SMARTS) is 1. The summed E-state index contributed by atoms with van der Waals surface area (Å²) in [6.07, 6.45) is 6.13. The van der Waals surface area contributed by atoms with Crippen LogP contribution >= 0.6 is 0 Å².